The second kappa shape index (κ2) is 2.93. The van der Waals surface area contributed by atoms with Crippen molar-refractivity contribution < 1.29 is 4.74 Å². The predicted octanol–water partition coefficient (Wildman–Crippen LogP) is 0.654. The van der Waals surface area contributed by atoms with E-state index >= 15 is 0 Å². The number of nitrogen functional groups attached to an aromatic ring is 1. The lowest BCUT2D eigenvalue weighted by molar-refractivity contribution is 0.397. The number of anilines is 1. The molecule has 0 spiro atoms. The van der Waals surface area contributed by atoms with Gasteiger partial charge in [0.05, 0.1) is 24.6 Å². The first-order valence-corrected chi connectivity index (χ1v) is 3.04. The molecular weight excluding hydrogens is 140 g/mol. The zero-order valence-corrected chi connectivity index (χ0v) is 6.16. The minimum atomic E-state index is 0.432. The van der Waals surface area contributed by atoms with Gasteiger partial charge in [0.15, 0.2) is 0 Å². The van der Waals surface area contributed by atoms with Crippen molar-refractivity contribution in [1.29, 1.82) is 0 Å². The smallest absolute Gasteiger partial charge is 0.229 e. The normalized spacial score (nSPS) is 8.73. The van der Waals surface area contributed by atoms with E-state index in [4.69, 9.17) is 16.9 Å². The monoisotopic (exact) mass is 148 g/mol. The Bertz CT molecular complexity index is 301. The van der Waals surface area contributed by atoms with E-state index in [0.717, 1.165) is 0 Å². The highest BCUT2D eigenvalue weighted by molar-refractivity contribution is 5.49. The number of methoxy groups -OCH3 is 1. The van der Waals surface area contributed by atoms with Gasteiger partial charge in [0.2, 0.25) is 5.88 Å². The second-order valence-electron chi connectivity index (χ2n) is 1.97. The van der Waals surface area contributed by atoms with Crippen LogP contribution in [0, 0.1) is 12.3 Å². The molecule has 0 amide bonds. The summed E-state index contributed by atoms with van der Waals surface area (Å²) in [6.45, 7) is 0. The summed E-state index contributed by atoms with van der Waals surface area (Å²) in [5.41, 5.74) is 6.56. The van der Waals surface area contributed by atoms with Gasteiger partial charge in [-0.2, -0.15) is 0 Å². The molecule has 0 bridgehead atoms. The number of hydrogen-bond acceptors (Lipinski definition) is 3. The minimum Gasteiger partial charge on any atom is -0.480 e. The molecule has 0 saturated carbocycles. The first-order valence-electron chi connectivity index (χ1n) is 3.04. The highest BCUT2D eigenvalue weighted by Gasteiger charge is 2.00. The number of nitrogens with zero attached hydrogens (tertiary/aromatic N) is 1. The van der Waals surface area contributed by atoms with Crippen LogP contribution in [0.3, 0.4) is 0 Å². The van der Waals surface area contributed by atoms with Crippen LogP contribution >= 0.6 is 0 Å². The highest BCUT2D eigenvalue weighted by Crippen LogP contribution is 2.15. The summed E-state index contributed by atoms with van der Waals surface area (Å²) < 4.78 is 4.88. The van der Waals surface area contributed by atoms with Crippen LogP contribution in [0.4, 0.5) is 5.69 Å². The minimum absolute atomic E-state index is 0.432. The van der Waals surface area contributed by atoms with E-state index in [1.54, 1.807) is 6.07 Å². The van der Waals surface area contributed by atoms with Gasteiger partial charge in [0.1, 0.15) is 0 Å². The number of pyridine rings is 1. The van der Waals surface area contributed by atoms with E-state index in [0.29, 0.717) is 17.1 Å². The molecule has 0 unspecified atom stereocenters. The first kappa shape index (κ1) is 7.42. The molecule has 1 rings (SSSR count). The number of aromatic nitrogens is 1. The van der Waals surface area contributed by atoms with Gasteiger partial charge in [-0.05, 0) is 6.07 Å². The van der Waals surface area contributed by atoms with Crippen molar-refractivity contribution in [3.8, 4) is 18.2 Å². The Morgan fingerprint density at radius 3 is 3.00 bits per heavy atom. The fourth-order valence-corrected chi connectivity index (χ4v) is 0.734. The molecule has 56 valence electrons. The van der Waals surface area contributed by atoms with Crippen molar-refractivity contribution >= 4 is 5.69 Å². The van der Waals surface area contributed by atoms with Crippen molar-refractivity contribution in [1.82, 2.24) is 4.98 Å². The summed E-state index contributed by atoms with van der Waals surface area (Å²) in [6, 6.07) is 1.64. The molecule has 11 heavy (non-hydrogen) atoms. The molecular formula is C8H8N2O. The molecule has 0 radical (unpaired) electrons. The lowest BCUT2D eigenvalue weighted by Crippen LogP contribution is -1.94. The van der Waals surface area contributed by atoms with Crippen molar-refractivity contribution in [2.24, 2.45) is 0 Å². The molecule has 0 aliphatic carbocycles. The average Bonchev–Trinajstić information content (AvgIpc) is 2.04. The summed E-state index contributed by atoms with van der Waals surface area (Å²) in [5, 5.41) is 0. The molecule has 0 aliphatic heterocycles. The van der Waals surface area contributed by atoms with Crippen LogP contribution in [0.15, 0.2) is 12.3 Å². The van der Waals surface area contributed by atoms with Crippen LogP contribution < -0.4 is 10.5 Å². The number of hydrogen-bond donors (Lipinski definition) is 1. The van der Waals surface area contributed by atoms with Crippen LogP contribution in [-0.4, -0.2) is 12.1 Å². The summed E-state index contributed by atoms with van der Waals surface area (Å²) in [4.78, 5) is 3.88. The van der Waals surface area contributed by atoms with E-state index in [1.165, 1.54) is 13.3 Å². The van der Waals surface area contributed by atoms with Gasteiger partial charge in [-0.25, -0.2) is 4.98 Å². The third kappa shape index (κ3) is 1.41. The van der Waals surface area contributed by atoms with Gasteiger partial charge < -0.3 is 10.5 Å². The number of nitrogens with two attached hydrogens (primary N) is 1. The Balaban J connectivity index is 3.19. The summed E-state index contributed by atoms with van der Waals surface area (Å²) in [6.07, 6.45) is 6.67. The third-order valence-electron chi connectivity index (χ3n) is 1.22. The fraction of sp³-hybridized carbons (Fsp3) is 0.125. The fourth-order valence-electron chi connectivity index (χ4n) is 0.734. The zero-order valence-electron chi connectivity index (χ0n) is 6.16. The Morgan fingerprint density at radius 2 is 2.45 bits per heavy atom. The van der Waals surface area contributed by atoms with Crippen LogP contribution in [0.25, 0.3) is 0 Å². The molecule has 0 aliphatic rings. The quantitative estimate of drug-likeness (QED) is 0.595. The average molecular weight is 148 g/mol. The van der Waals surface area contributed by atoms with Crippen LogP contribution in [0.1, 0.15) is 5.56 Å². The number of terminal acetylenes is 1. The zero-order chi connectivity index (χ0) is 8.27. The van der Waals surface area contributed by atoms with Crippen molar-refractivity contribution in [3.05, 3.63) is 17.8 Å². The van der Waals surface area contributed by atoms with Gasteiger partial charge >= 0.3 is 0 Å². The maximum absolute atomic E-state index is 5.44. The lowest BCUT2D eigenvalue weighted by atomic mass is 10.2. The Hall–Kier alpha value is -1.69. The Morgan fingerprint density at radius 1 is 1.73 bits per heavy atom. The van der Waals surface area contributed by atoms with Crippen LogP contribution in [0.2, 0.25) is 0 Å². The predicted molar refractivity (Wildman–Crippen MR) is 43.1 cm³/mol. The molecule has 0 fully saturated rings. The second-order valence-corrected chi connectivity index (χ2v) is 1.97. The molecule has 1 heterocycles. The molecule has 0 atom stereocenters. The third-order valence-corrected chi connectivity index (χ3v) is 1.22. The van der Waals surface area contributed by atoms with Gasteiger partial charge in [-0.1, -0.05) is 5.92 Å². The SMILES string of the molecule is C#Cc1cc(N)cnc1OC. The standard InChI is InChI=1S/C8H8N2O/c1-3-6-4-7(9)5-10-8(6)11-2/h1,4-5H,9H2,2H3. The molecule has 3 nitrogen and oxygen atoms in total. The highest BCUT2D eigenvalue weighted by atomic mass is 16.5. The Kier molecular flexibility index (Phi) is 1.98. The maximum Gasteiger partial charge on any atom is 0.229 e. The van der Waals surface area contributed by atoms with E-state index < -0.39 is 0 Å². The van der Waals surface area contributed by atoms with E-state index in [9.17, 15) is 0 Å². The Labute approximate surface area is 65.2 Å². The van der Waals surface area contributed by atoms with Gasteiger partial charge in [0, 0.05) is 0 Å². The molecule has 1 aromatic rings. The van der Waals surface area contributed by atoms with Gasteiger partial charge in [-0.3, -0.25) is 0 Å². The summed E-state index contributed by atoms with van der Waals surface area (Å²) in [7, 11) is 1.51. The number of rotatable bonds is 1. The van der Waals surface area contributed by atoms with E-state index in [1.807, 2.05) is 0 Å². The first-order chi connectivity index (χ1) is 5.27. The van der Waals surface area contributed by atoms with E-state index in [2.05, 4.69) is 10.9 Å². The number of ether oxygens (including phenoxy) is 1. The van der Waals surface area contributed by atoms with Crippen LogP contribution in [-0.2, 0) is 0 Å². The van der Waals surface area contributed by atoms with Gasteiger partial charge in [-0.15, -0.1) is 6.42 Å². The van der Waals surface area contributed by atoms with Gasteiger partial charge in [0.25, 0.3) is 0 Å². The summed E-state index contributed by atoms with van der Waals surface area (Å²) in [5.74, 6) is 2.85. The van der Waals surface area contributed by atoms with E-state index in [-0.39, 0.29) is 0 Å². The topological polar surface area (TPSA) is 48.1 Å². The lowest BCUT2D eigenvalue weighted by Gasteiger charge is -2.01. The largest absolute Gasteiger partial charge is 0.480 e. The summed E-state index contributed by atoms with van der Waals surface area (Å²) >= 11 is 0. The maximum atomic E-state index is 5.44. The molecule has 2 N–H and O–H groups in total. The molecule has 1 aromatic heterocycles. The van der Waals surface area contributed by atoms with Crippen molar-refractivity contribution in [3.63, 3.8) is 0 Å². The van der Waals surface area contributed by atoms with Crippen molar-refractivity contribution in [2.75, 3.05) is 12.8 Å². The van der Waals surface area contributed by atoms with Crippen LogP contribution in [0.5, 0.6) is 5.88 Å². The molecule has 0 saturated heterocycles. The molecule has 3 heteroatoms. The molecule has 0 aromatic carbocycles. The van der Waals surface area contributed by atoms with Crippen molar-refractivity contribution in [2.45, 2.75) is 0 Å².